The van der Waals surface area contributed by atoms with Crippen molar-refractivity contribution in [2.45, 2.75) is 24.2 Å². The van der Waals surface area contributed by atoms with Crippen LogP contribution in [0.2, 0.25) is 10.0 Å². The van der Waals surface area contributed by atoms with Crippen LogP contribution in [0.3, 0.4) is 0 Å². The second-order valence-corrected chi connectivity index (χ2v) is 11.7. The number of anilines is 1. The molecule has 2 N–H and O–H groups in total. The molecule has 0 fully saturated rings. The molecule has 0 saturated carbocycles. The van der Waals surface area contributed by atoms with E-state index in [0.717, 1.165) is 18.3 Å². The number of rotatable bonds is 9. The number of benzene rings is 3. The summed E-state index contributed by atoms with van der Waals surface area (Å²) in [6.07, 6.45) is -3.56. The predicted octanol–water partition coefficient (Wildman–Crippen LogP) is 6.09. The zero-order valence-electron chi connectivity index (χ0n) is 21.8. The summed E-state index contributed by atoms with van der Waals surface area (Å²) in [7, 11) is -4.01. The maximum absolute atomic E-state index is 13.5. The monoisotopic (exact) mass is 652 g/mol. The Labute approximate surface area is 253 Å². The average Bonchev–Trinajstić information content (AvgIpc) is 3.41. The third-order valence-electron chi connectivity index (χ3n) is 5.75. The van der Waals surface area contributed by atoms with Crippen molar-refractivity contribution in [3.05, 3.63) is 118 Å². The molecular formula is C28H21Cl2F3N4O5S. The highest BCUT2D eigenvalue weighted by molar-refractivity contribution is 7.89. The fourth-order valence-electron chi connectivity index (χ4n) is 3.66. The van der Waals surface area contributed by atoms with Crippen LogP contribution in [0.1, 0.15) is 22.6 Å². The number of carbonyl (C=O) groups is 2. The maximum atomic E-state index is 13.5. The van der Waals surface area contributed by atoms with Gasteiger partial charge in [-0.3, -0.25) is 9.59 Å². The van der Waals surface area contributed by atoms with Gasteiger partial charge in [0.25, 0.3) is 0 Å². The van der Waals surface area contributed by atoms with Gasteiger partial charge in [-0.05, 0) is 72.3 Å². The number of nitrogens with one attached hydrogen (secondary N) is 2. The molecule has 0 aliphatic rings. The number of hydrogen-bond donors (Lipinski definition) is 2. The van der Waals surface area contributed by atoms with Crippen molar-refractivity contribution in [2.75, 3.05) is 5.32 Å². The summed E-state index contributed by atoms with van der Waals surface area (Å²) in [6.45, 7) is -0.184. The van der Waals surface area contributed by atoms with Gasteiger partial charge >= 0.3 is 18.0 Å². The van der Waals surface area contributed by atoms with Gasteiger partial charge < -0.3 is 9.73 Å². The fraction of sp³-hybridized carbons (Fsp3) is 0.107. The lowest BCUT2D eigenvalue weighted by molar-refractivity contribution is -0.137. The molecule has 0 atom stereocenters. The van der Waals surface area contributed by atoms with Crippen LogP contribution in [0, 0.1) is 0 Å². The molecule has 2 amide bonds. The first-order valence-electron chi connectivity index (χ1n) is 12.2. The van der Waals surface area contributed by atoms with Crippen molar-refractivity contribution in [1.29, 1.82) is 0 Å². The second kappa shape index (κ2) is 13.4. The summed E-state index contributed by atoms with van der Waals surface area (Å²) in [4.78, 5) is 24.1. The van der Waals surface area contributed by atoms with Crippen molar-refractivity contribution < 1.29 is 35.6 Å². The van der Waals surface area contributed by atoms with E-state index in [4.69, 9.17) is 27.6 Å². The molecule has 3 aromatic carbocycles. The van der Waals surface area contributed by atoms with E-state index in [0.29, 0.717) is 21.7 Å². The molecule has 1 heterocycles. The molecule has 0 aliphatic carbocycles. The molecular weight excluding hydrogens is 632 g/mol. The standard InChI is InChI=1S/C28H21Cl2F3N4O5S/c29-20-6-4-18(5-7-20)16-37(43(40,41)25-12-8-21(30)9-13-25)17-24-11-10-23(42-24)15-34-36-27(39)26(38)35-22-3-1-2-19(14-22)28(31,32)33/h1-15H,16-17H2,(H,35,38)(H,36,39)/b34-15+. The third kappa shape index (κ3) is 8.67. The Hall–Kier alpha value is -4.17. The zero-order chi connectivity index (χ0) is 31.2. The van der Waals surface area contributed by atoms with Crippen LogP contribution in [-0.4, -0.2) is 30.8 Å². The van der Waals surface area contributed by atoms with Crippen LogP contribution in [0.5, 0.6) is 0 Å². The minimum absolute atomic E-state index is 0.0106. The predicted molar refractivity (Wildman–Crippen MR) is 154 cm³/mol. The lowest BCUT2D eigenvalue weighted by Gasteiger charge is -2.21. The molecule has 15 heteroatoms. The van der Waals surface area contributed by atoms with Crippen LogP contribution in [-0.2, 0) is 38.9 Å². The molecule has 4 aromatic rings. The number of nitrogens with zero attached hydrogens (tertiary/aromatic N) is 2. The van der Waals surface area contributed by atoms with E-state index in [2.05, 4.69) is 10.4 Å². The zero-order valence-corrected chi connectivity index (χ0v) is 24.1. The molecule has 1 aromatic heterocycles. The quantitative estimate of drug-likeness (QED) is 0.129. The van der Waals surface area contributed by atoms with Crippen molar-refractivity contribution in [2.24, 2.45) is 5.10 Å². The molecule has 43 heavy (non-hydrogen) atoms. The summed E-state index contributed by atoms with van der Waals surface area (Å²) in [5, 5.41) is 6.54. The van der Waals surface area contributed by atoms with Crippen molar-refractivity contribution in [3.8, 4) is 0 Å². The minimum atomic E-state index is -4.62. The Morgan fingerprint density at radius 3 is 2.19 bits per heavy atom. The minimum Gasteiger partial charge on any atom is -0.459 e. The molecule has 0 bridgehead atoms. The molecule has 9 nitrogen and oxygen atoms in total. The molecule has 0 spiro atoms. The van der Waals surface area contributed by atoms with Crippen LogP contribution in [0.25, 0.3) is 0 Å². The Morgan fingerprint density at radius 1 is 0.884 bits per heavy atom. The number of hydrogen-bond acceptors (Lipinski definition) is 6. The van der Waals surface area contributed by atoms with E-state index in [1.165, 1.54) is 46.8 Å². The molecule has 4 rings (SSSR count). The first-order chi connectivity index (χ1) is 20.3. The van der Waals surface area contributed by atoms with E-state index >= 15 is 0 Å². The highest BCUT2D eigenvalue weighted by Gasteiger charge is 2.31. The van der Waals surface area contributed by atoms with Gasteiger partial charge in [0.15, 0.2) is 0 Å². The normalized spacial score (nSPS) is 12.0. The molecule has 0 aliphatic heterocycles. The summed E-state index contributed by atoms with van der Waals surface area (Å²) in [6, 6.07) is 19.1. The van der Waals surface area contributed by atoms with E-state index in [-0.39, 0.29) is 35.2 Å². The van der Waals surface area contributed by atoms with Gasteiger partial charge in [0.1, 0.15) is 11.5 Å². The summed E-state index contributed by atoms with van der Waals surface area (Å²) < 4.78 is 72.4. The lowest BCUT2D eigenvalue weighted by Crippen LogP contribution is -2.32. The number of furan rings is 1. The van der Waals surface area contributed by atoms with Crippen LogP contribution >= 0.6 is 23.2 Å². The molecule has 0 radical (unpaired) electrons. The van der Waals surface area contributed by atoms with Crippen LogP contribution in [0.15, 0.2) is 99.3 Å². The Balaban J connectivity index is 1.42. The maximum Gasteiger partial charge on any atom is 0.416 e. The highest BCUT2D eigenvalue weighted by atomic mass is 35.5. The van der Waals surface area contributed by atoms with Crippen molar-refractivity contribution in [1.82, 2.24) is 9.73 Å². The largest absolute Gasteiger partial charge is 0.459 e. The van der Waals surface area contributed by atoms with E-state index in [1.807, 2.05) is 5.43 Å². The van der Waals surface area contributed by atoms with Gasteiger partial charge in [-0.1, -0.05) is 41.4 Å². The van der Waals surface area contributed by atoms with Crippen molar-refractivity contribution in [3.63, 3.8) is 0 Å². The van der Waals surface area contributed by atoms with Gasteiger partial charge in [-0.25, -0.2) is 13.8 Å². The van der Waals surface area contributed by atoms with E-state index < -0.39 is 33.6 Å². The number of carbonyl (C=O) groups excluding carboxylic acids is 2. The van der Waals surface area contributed by atoms with Crippen LogP contribution < -0.4 is 10.7 Å². The van der Waals surface area contributed by atoms with Gasteiger partial charge in [-0.15, -0.1) is 0 Å². The Kier molecular flexibility index (Phi) is 9.91. The Bertz CT molecular complexity index is 1740. The lowest BCUT2D eigenvalue weighted by atomic mass is 10.2. The first kappa shape index (κ1) is 31.8. The number of alkyl halides is 3. The average molecular weight is 653 g/mol. The SMILES string of the molecule is O=C(N/N=C/c1ccc(CN(Cc2ccc(Cl)cc2)S(=O)(=O)c2ccc(Cl)cc2)o1)C(=O)Nc1cccc(C(F)(F)F)c1. The Morgan fingerprint density at radius 2 is 1.53 bits per heavy atom. The number of halogens is 5. The molecule has 224 valence electrons. The van der Waals surface area contributed by atoms with Crippen molar-refractivity contribution >= 4 is 56.9 Å². The van der Waals surface area contributed by atoms with E-state index in [1.54, 1.807) is 24.3 Å². The first-order valence-corrected chi connectivity index (χ1v) is 14.4. The topological polar surface area (TPSA) is 121 Å². The number of amides is 2. The van der Waals surface area contributed by atoms with Gasteiger partial charge in [0.2, 0.25) is 10.0 Å². The smallest absolute Gasteiger partial charge is 0.416 e. The highest BCUT2D eigenvalue weighted by Crippen LogP contribution is 2.30. The van der Waals surface area contributed by atoms with E-state index in [9.17, 15) is 31.2 Å². The van der Waals surface area contributed by atoms with Gasteiger partial charge in [0, 0.05) is 22.3 Å². The number of sulfonamides is 1. The molecule has 0 saturated heterocycles. The summed E-state index contributed by atoms with van der Waals surface area (Å²) >= 11 is 11.9. The van der Waals surface area contributed by atoms with Gasteiger partial charge in [0.05, 0.1) is 23.2 Å². The summed E-state index contributed by atoms with van der Waals surface area (Å²) in [5.41, 5.74) is 1.38. The van der Waals surface area contributed by atoms with Gasteiger partial charge in [-0.2, -0.15) is 22.6 Å². The second-order valence-electron chi connectivity index (χ2n) is 8.89. The molecule has 0 unspecified atom stereocenters. The number of hydrazone groups is 1. The van der Waals surface area contributed by atoms with Crippen LogP contribution in [0.4, 0.5) is 18.9 Å². The third-order valence-corrected chi connectivity index (χ3v) is 8.06. The summed E-state index contributed by atoms with van der Waals surface area (Å²) in [5.74, 6) is -2.14. The fourth-order valence-corrected chi connectivity index (χ4v) is 5.31.